The quantitative estimate of drug-likeness (QED) is 0.838. The highest BCUT2D eigenvalue weighted by Gasteiger charge is 2.38. The summed E-state index contributed by atoms with van der Waals surface area (Å²) < 4.78 is 54.6. The van der Waals surface area contributed by atoms with Crippen molar-refractivity contribution >= 4 is 0 Å². The molecule has 1 rings (SSSR count). The zero-order chi connectivity index (χ0) is 13.2. The van der Waals surface area contributed by atoms with Crippen LogP contribution >= 0.6 is 0 Å². The van der Waals surface area contributed by atoms with Crippen LogP contribution in [0, 0.1) is 12.7 Å². The molecule has 0 aliphatic rings. The van der Waals surface area contributed by atoms with Gasteiger partial charge in [-0.3, -0.25) is 0 Å². The highest BCUT2D eigenvalue weighted by Crippen LogP contribution is 2.28. The first-order valence-corrected chi connectivity index (χ1v) is 4.83. The topological polar surface area (TPSA) is 29.5 Å². The Bertz CT molecular complexity index is 401. The fraction of sp³-hybridized carbons (Fsp3) is 0.455. The van der Waals surface area contributed by atoms with Gasteiger partial charge < -0.3 is 9.84 Å². The van der Waals surface area contributed by atoms with Gasteiger partial charge in [-0.15, -0.1) is 0 Å². The minimum absolute atomic E-state index is 0.0135. The van der Waals surface area contributed by atoms with Gasteiger partial charge in [0, 0.05) is 6.42 Å². The van der Waals surface area contributed by atoms with E-state index in [1.54, 1.807) is 0 Å². The number of aryl methyl sites for hydroxylation is 1. The molecule has 0 amide bonds. The Morgan fingerprint density at radius 2 is 1.94 bits per heavy atom. The van der Waals surface area contributed by atoms with E-state index in [1.807, 2.05) is 0 Å². The van der Waals surface area contributed by atoms with Gasteiger partial charge in [0.15, 0.2) is 6.10 Å². The summed E-state index contributed by atoms with van der Waals surface area (Å²) in [5.41, 5.74) is 0.257. The Balaban J connectivity index is 3.02. The highest BCUT2D eigenvalue weighted by molar-refractivity contribution is 5.38. The number of aliphatic hydroxyl groups is 1. The molecule has 96 valence electrons. The molecular weight excluding hydrogens is 240 g/mol. The molecular formula is C11H12F4O2. The van der Waals surface area contributed by atoms with E-state index >= 15 is 0 Å². The maximum atomic E-state index is 13.2. The molecule has 1 N–H and O–H groups in total. The SMILES string of the molecule is COc1cc(C)c(F)cc1CC(O)C(F)(F)F. The van der Waals surface area contributed by atoms with Crippen LogP contribution in [-0.2, 0) is 6.42 Å². The number of hydrogen-bond acceptors (Lipinski definition) is 2. The minimum Gasteiger partial charge on any atom is -0.496 e. The van der Waals surface area contributed by atoms with E-state index in [0.29, 0.717) is 0 Å². The molecule has 0 heterocycles. The summed E-state index contributed by atoms with van der Waals surface area (Å²) in [5, 5.41) is 8.92. The normalized spacial score (nSPS) is 13.6. The summed E-state index contributed by atoms with van der Waals surface area (Å²) in [4.78, 5) is 0. The number of aliphatic hydroxyl groups excluding tert-OH is 1. The minimum atomic E-state index is -4.73. The first-order chi connectivity index (χ1) is 7.75. The van der Waals surface area contributed by atoms with Crippen LogP contribution < -0.4 is 4.74 Å². The number of halogens is 4. The second-order valence-corrected chi connectivity index (χ2v) is 3.67. The van der Waals surface area contributed by atoms with Gasteiger partial charge in [0.1, 0.15) is 11.6 Å². The van der Waals surface area contributed by atoms with Crippen LogP contribution in [-0.4, -0.2) is 24.5 Å². The maximum absolute atomic E-state index is 13.2. The fourth-order valence-corrected chi connectivity index (χ4v) is 1.37. The van der Waals surface area contributed by atoms with Gasteiger partial charge in [-0.2, -0.15) is 13.2 Å². The van der Waals surface area contributed by atoms with Crippen molar-refractivity contribution in [2.45, 2.75) is 25.6 Å². The molecule has 2 nitrogen and oxygen atoms in total. The Labute approximate surface area is 95.8 Å². The summed E-state index contributed by atoms with van der Waals surface area (Å²) >= 11 is 0. The second kappa shape index (κ2) is 4.91. The Morgan fingerprint density at radius 3 is 2.41 bits per heavy atom. The summed E-state index contributed by atoms with van der Waals surface area (Å²) in [6.07, 6.45) is -7.99. The average molecular weight is 252 g/mol. The molecule has 0 saturated heterocycles. The smallest absolute Gasteiger partial charge is 0.414 e. The maximum Gasteiger partial charge on any atom is 0.414 e. The first-order valence-electron chi connectivity index (χ1n) is 4.83. The molecule has 1 aromatic rings. The Hall–Kier alpha value is -1.30. The lowest BCUT2D eigenvalue weighted by Crippen LogP contribution is -2.30. The molecule has 1 unspecified atom stereocenters. The predicted molar refractivity (Wildman–Crippen MR) is 53.5 cm³/mol. The molecule has 0 aliphatic carbocycles. The Kier molecular flexibility index (Phi) is 3.98. The largest absolute Gasteiger partial charge is 0.496 e. The van der Waals surface area contributed by atoms with Gasteiger partial charge in [-0.05, 0) is 30.2 Å². The third-order valence-corrected chi connectivity index (χ3v) is 2.35. The molecule has 0 aromatic heterocycles. The molecule has 0 aliphatic heterocycles. The third-order valence-electron chi connectivity index (χ3n) is 2.35. The van der Waals surface area contributed by atoms with Crippen molar-refractivity contribution in [3.8, 4) is 5.75 Å². The molecule has 0 bridgehead atoms. The number of ether oxygens (including phenoxy) is 1. The van der Waals surface area contributed by atoms with Crippen LogP contribution in [0.2, 0.25) is 0 Å². The number of benzene rings is 1. The second-order valence-electron chi connectivity index (χ2n) is 3.67. The zero-order valence-corrected chi connectivity index (χ0v) is 9.31. The van der Waals surface area contributed by atoms with Gasteiger partial charge in [-0.25, -0.2) is 4.39 Å². The molecule has 0 spiro atoms. The van der Waals surface area contributed by atoms with Crippen LogP contribution in [0.4, 0.5) is 17.6 Å². The lowest BCUT2D eigenvalue weighted by atomic mass is 10.0. The molecule has 0 saturated carbocycles. The van der Waals surface area contributed by atoms with Gasteiger partial charge in [0.05, 0.1) is 7.11 Å². The van der Waals surface area contributed by atoms with E-state index in [9.17, 15) is 17.6 Å². The van der Waals surface area contributed by atoms with E-state index < -0.39 is 24.5 Å². The van der Waals surface area contributed by atoms with E-state index in [-0.39, 0.29) is 16.9 Å². The number of hydrogen-bond donors (Lipinski definition) is 1. The molecule has 1 aromatic carbocycles. The number of rotatable bonds is 3. The molecule has 0 radical (unpaired) electrons. The van der Waals surface area contributed by atoms with E-state index in [4.69, 9.17) is 9.84 Å². The van der Waals surface area contributed by atoms with Crippen molar-refractivity contribution in [3.63, 3.8) is 0 Å². The Morgan fingerprint density at radius 1 is 1.35 bits per heavy atom. The van der Waals surface area contributed by atoms with Gasteiger partial charge in [0.2, 0.25) is 0 Å². The van der Waals surface area contributed by atoms with Crippen LogP contribution in [0.3, 0.4) is 0 Å². The summed E-state index contributed by atoms with van der Waals surface area (Å²) in [6, 6.07) is 2.25. The predicted octanol–water partition coefficient (Wildman–Crippen LogP) is 2.61. The van der Waals surface area contributed by atoms with Crippen molar-refractivity contribution in [1.29, 1.82) is 0 Å². The van der Waals surface area contributed by atoms with E-state index in [0.717, 1.165) is 6.07 Å². The standard InChI is InChI=1S/C11H12F4O2/c1-6-3-9(17-2)7(4-8(6)12)5-10(16)11(13,14)15/h3-4,10,16H,5H2,1-2H3. The van der Waals surface area contributed by atoms with E-state index in [1.165, 1.54) is 20.1 Å². The van der Waals surface area contributed by atoms with Crippen molar-refractivity contribution in [2.75, 3.05) is 7.11 Å². The van der Waals surface area contributed by atoms with Gasteiger partial charge in [-0.1, -0.05) is 0 Å². The lowest BCUT2D eigenvalue weighted by molar-refractivity contribution is -0.203. The van der Waals surface area contributed by atoms with Crippen LogP contribution in [0.25, 0.3) is 0 Å². The van der Waals surface area contributed by atoms with Gasteiger partial charge >= 0.3 is 6.18 Å². The number of methoxy groups -OCH3 is 1. The molecule has 1 atom stereocenters. The van der Waals surface area contributed by atoms with E-state index in [2.05, 4.69) is 0 Å². The molecule has 6 heteroatoms. The highest BCUT2D eigenvalue weighted by atomic mass is 19.4. The summed E-state index contributed by atoms with van der Waals surface area (Å²) in [6.45, 7) is 1.47. The number of alkyl halides is 3. The fourth-order valence-electron chi connectivity index (χ4n) is 1.37. The van der Waals surface area contributed by atoms with Crippen LogP contribution in [0.1, 0.15) is 11.1 Å². The van der Waals surface area contributed by atoms with Crippen LogP contribution in [0.5, 0.6) is 5.75 Å². The van der Waals surface area contributed by atoms with Crippen molar-refractivity contribution < 1.29 is 27.4 Å². The first kappa shape index (κ1) is 13.8. The zero-order valence-electron chi connectivity index (χ0n) is 9.31. The van der Waals surface area contributed by atoms with Crippen molar-refractivity contribution in [3.05, 3.63) is 29.1 Å². The average Bonchev–Trinajstić information content (AvgIpc) is 2.21. The third kappa shape index (κ3) is 3.33. The monoisotopic (exact) mass is 252 g/mol. The van der Waals surface area contributed by atoms with Gasteiger partial charge in [0.25, 0.3) is 0 Å². The van der Waals surface area contributed by atoms with Crippen LogP contribution in [0.15, 0.2) is 12.1 Å². The van der Waals surface area contributed by atoms with Crippen molar-refractivity contribution in [2.24, 2.45) is 0 Å². The molecule has 0 fully saturated rings. The summed E-state index contributed by atoms with van der Waals surface area (Å²) in [5.74, 6) is -0.498. The molecule has 17 heavy (non-hydrogen) atoms. The summed E-state index contributed by atoms with van der Waals surface area (Å²) in [7, 11) is 1.27. The van der Waals surface area contributed by atoms with Crippen molar-refractivity contribution in [1.82, 2.24) is 0 Å². The lowest BCUT2D eigenvalue weighted by Gasteiger charge is -2.16.